The molecular weight excluding hydrogens is 278 g/mol. The number of likely N-dealkylation sites (N-methyl/N-ethyl adjacent to an activating group) is 1. The fraction of sp³-hybridized carbons (Fsp3) is 1.00. The summed E-state index contributed by atoms with van der Waals surface area (Å²) in [5, 5.41) is 9.85. The van der Waals surface area contributed by atoms with Gasteiger partial charge < -0.3 is 28.0 Å². The maximum atomic E-state index is 9.85. The lowest BCUT2D eigenvalue weighted by Gasteiger charge is -2.38. The first-order valence-electron chi connectivity index (χ1n) is 7.21. The van der Waals surface area contributed by atoms with Gasteiger partial charge >= 0.3 is 0 Å². The number of hydrogen-bond donors (Lipinski definition) is 1. The van der Waals surface area contributed by atoms with E-state index in [4.69, 9.17) is 18.0 Å². The Labute approximate surface area is 124 Å². The molecule has 0 heterocycles. The van der Waals surface area contributed by atoms with Crippen molar-refractivity contribution in [1.29, 1.82) is 0 Å². The van der Waals surface area contributed by atoms with Gasteiger partial charge in [0.15, 0.2) is 0 Å². The molecule has 1 unspecified atom stereocenters. The van der Waals surface area contributed by atoms with Crippen LogP contribution in [0.25, 0.3) is 0 Å². The molecule has 1 N–H and O–H groups in total. The summed E-state index contributed by atoms with van der Waals surface area (Å²) in [6, 6.07) is 0.711. The number of aliphatic hydroxyl groups excluding tert-OH is 1. The topological polar surface area (TPSA) is 60.4 Å². The van der Waals surface area contributed by atoms with Crippen molar-refractivity contribution in [2.24, 2.45) is 0 Å². The predicted octanol–water partition coefficient (Wildman–Crippen LogP) is 0.974. The minimum Gasteiger partial charge on any atom is -0.527 e. The number of aliphatic hydroxyl groups is 1. The minimum atomic E-state index is -2.48. The summed E-state index contributed by atoms with van der Waals surface area (Å²) >= 11 is 0. The highest BCUT2D eigenvalue weighted by Crippen LogP contribution is 2.14. The molecule has 0 radical (unpaired) electrons. The molecule has 0 amide bonds. The predicted molar refractivity (Wildman–Crippen MR) is 80.8 cm³/mol. The van der Waals surface area contributed by atoms with Gasteiger partial charge in [-0.05, 0) is 34.4 Å². The van der Waals surface area contributed by atoms with Crippen LogP contribution in [-0.2, 0) is 18.0 Å². The fourth-order valence-corrected chi connectivity index (χ4v) is 3.69. The molecule has 6 nitrogen and oxygen atoms in total. The third-order valence-electron chi connectivity index (χ3n) is 3.38. The highest BCUT2D eigenvalue weighted by molar-refractivity contribution is 6.60. The van der Waals surface area contributed by atoms with Crippen LogP contribution in [0.3, 0.4) is 0 Å². The van der Waals surface area contributed by atoms with Gasteiger partial charge in [-0.3, -0.25) is 0 Å². The Bertz CT molecular complexity index is 217. The Hall–Kier alpha value is -0.0231. The first-order valence-corrected chi connectivity index (χ1v) is 9.14. The van der Waals surface area contributed by atoms with Crippen LogP contribution in [0.1, 0.15) is 20.3 Å². The molecule has 0 aliphatic heterocycles. The molecule has 1 atom stereocenters. The van der Waals surface area contributed by atoms with E-state index in [1.807, 2.05) is 0 Å². The highest BCUT2D eigenvalue weighted by Gasteiger charge is 2.21. The Balaban J connectivity index is 3.75. The van der Waals surface area contributed by atoms with Gasteiger partial charge in [0.25, 0.3) is 8.80 Å². The molecule has 0 spiro atoms. The van der Waals surface area contributed by atoms with E-state index in [0.29, 0.717) is 25.8 Å². The van der Waals surface area contributed by atoms with Crippen LogP contribution in [0, 0.1) is 0 Å². The van der Waals surface area contributed by atoms with Crippen LogP contribution in [0.4, 0.5) is 0 Å². The molecular formula is C13H31NO5Si-. The summed E-state index contributed by atoms with van der Waals surface area (Å²) in [6.07, 6.45) is 0.351. The van der Waals surface area contributed by atoms with Crippen molar-refractivity contribution in [3.05, 3.63) is 0 Å². The summed E-state index contributed by atoms with van der Waals surface area (Å²) in [5.74, 6) is 0. The van der Waals surface area contributed by atoms with Gasteiger partial charge in [-0.1, -0.05) is 26.3 Å². The van der Waals surface area contributed by atoms with Gasteiger partial charge in [0.2, 0.25) is 0 Å². The van der Waals surface area contributed by atoms with Gasteiger partial charge in [0, 0.05) is 13.2 Å². The van der Waals surface area contributed by atoms with Crippen molar-refractivity contribution in [2.75, 3.05) is 54.2 Å². The molecule has 0 aromatic rings. The molecule has 0 aromatic carbocycles. The lowest BCUT2D eigenvalue weighted by atomic mass is 10.3. The summed E-state index contributed by atoms with van der Waals surface area (Å²) in [5.41, 5.74) is 0. The van der Waals surface area contributed by atoms with E-state index in [2.05, 4.69) is 18.7 Å². The Morgan fingerprint density at radius 3 is 2.05 bits per heavy atom. The molecule has 0 saturated heterocycles. The number of ether oxygens (including phenoxy) is 1. The van der Waals surface area contributed by atoms with Gasteiger partial charge in [0.1, 0.15) is 0 Å². The maximum Gasteiger partial charge on any atom is 0.280 e. The van der Waals surface area contributed by atoms with Crippen LogP contribution in [0.2, 0.25) is 6.04 Å². The van der Waals surface area contributed by atoms with E-state index in [1.165, 1.54) is 0 Å². The zero-order chi connectivity index (χ0) is 15.4. The van der Waals surface area contributed by atoms with Crippen LogP contribution < -0.4 is 0 Å². The monoisotopic (exact) mass is 309 g/mol. The van der Waals surface area contributed by atoms with Crippen molar-refractivity contribution < 1.29 is 23.1 Å². The van der Waals surface area contributed by atoms with E-state index >= 15 is 0 Å². The molecule has 0 aliphatic rings. The Kier molecular flexibility index (Phi) is 11.6. The molecule has 0 saturated carbocycles. The summed E-state index contributed by atoms with van der Waals surface area (Å²) in [6.45, 7) is 7.63. The Morgan fingerprint density at radius 2 is 1.60 bits per heavy atom. The van der Waals surface area contributed by atoms with Crippen LogP contribution in [0.5, 0.6) is 0 Å². The zero-order valence-electron chi connectivity index (χ0n) is 13.6. The fourth-order valence-electron chi connectivity index (χ4n) is 2.00. The second kappa shape index (κ2) is 11.6. The molecule has 0 fully saturated rings. The van der Waals surface area contributed by atoms with E-state index < -0.39 is 14.9 Å². The van der Waals surface area contributed by atoms with E-state index in [1.54, 1.807) is 21.3 Å². The molecule has 0 rings (SSSR count). The largest absolute Gasteiger partial charge is 0.527 e. The average Bonchev–Trinajstić information content (AvgIpc) is 2.49. The number of hydrogen-bond acceptors (Lipinski definition) is 6. The molecule has 7 heteroatoms. The van der Waals surface area contributed by atoms with Gasteiger partial charge in [-0.25, -0.2) is 0 Å². The molecule has 0 bridgehead atoms. The smallest absolute Gasteiger partial charge is 0.280 e. The first-order chi connectivity index (χ1) is 9.57. The maximum absolute atomic E-state index is 9.85. The van der Waals surface area contributed by atoms with Gasteiger partial charge in [-0.15, -0.1) is 0 Å². The third-order valence-corrected chi connectivity index (χ3v) is 6.21. The van der Waals surface area contributed by atoms with Crippen LogP contribution >= 0.6 is 0 Å². The standard InChI is InChI=1S/C13H31NO5Si/c1-6-14(7-2)11-13(15)12-19-9-8-10-20(16-3,17-4)18-5/h13,15H,6-12H2,1-5H3/q-1. The number of nitrogens with zero attached hydrogens (tertiary/aromatic N) is 1. The SMILES string of the molecule is CCN(CC)CC(O)COCCC[Si-](OC)(OC)OC. The lowest BCUT2D eigenvalue weighted by molar-refractivity contribution is 0.0172. The summed E-state index contributed by atoms with van der Waals surface area (Å²) in [7, 11) is 2.33. The third kappa shape index (κ3) is 7.68. The second-order valence-electron chi connectivity index (χ2n) is 4.61. The minimum absolute atomic E-state index is 0.359. The van der Waals surface area contributed by atoms with E-state index in [0.717, 1.165) is 19.5 Å². The van der Waals surface area contributed by atoms with Crippen molar-refractivity contribution >= 4 is 8.80 Å². The van der Waals surface area contributed by atoms with E-state index in [-0.39, 0.29) is 0 Å². The normalized spacial score (nSPS) is 13.9. The highest BCUT2D eigenvalue weighted by atomic mass is 28.4. The van der Waals surface area contributed by atoms with E-state index in [9.17, 15) is 5.11 Å². The average molecular weight is 309 g/mol. The second-order valence-corrected chi connectivity index (χ2v) is 7.70. The van der Waals surface area contributed by atoms with Crippen molar-refractivity contribution in [3.63, 3.8) is 0 Å². The number of rotatable bonds is 13. The summed E-state index contributed by atoms with van der Waals surface area (Å²) in [4.78, 5) is 2.17. The molecule has 123 valence electrons. The first kappa shape index (κ1) is 20.0. The molecule has 20 heavy (non-hydrogen) atoms. The van der Waals surface area contributed by atoms with Crippen LogP contribution in [-0.4, -0.2) is 79.1 Å². The van der Waals surface area contributed by atoms with Gasteiger partial charge in [0.05, 0.1) is 12.7 Å². The lowest BCUT2D eigenvalue weighted by Crippen LogP contribution is -2.42. The van der Waals surface area contributed by atoms with Crippen molar-refractivity contribution in [3.8, 4) is 0 Å². The quantitative estimate of drug-likeness (QED) is 0.404. The van der Waals surface area contributed by atoms with Crippen molar-refractivity contribution in [2.45, 2.75) is 32.4 Å². The van der Waals surface area contributed by atoms with Crippen LogP contribution in [0.15, 0.2) is 0 Å². The molecule has 0 aliphatic carbocycles. The van der Waals surface area contributed by atoms with Crippen molar-refractivity contribution in [1.82, 2.24) is 4.90 Å². The molecule has 0 aromatic heterocycles. The zero-order valence-corrected chi connectivity index (χ0v) is 14.6. The Morgan fingerprint density at radius 1 is 1.05 bits per heavy atom. The summed E-state index contributed by atoms with van der Waals surface area (Å²) < 4.78 is 21.5. The van der Waals surface area contributed by atoms with Gasteiger partial charge in [-0.2, -0.15) is 0 Å².